The molecule has 0 aromatic heterocycles. The molecule has 0 aliphatic carbocycles. The molecular formula is C27H29Cl2N3O4S. The third kappa shape index (κ3) is 7.47. The monoisotopic (exact) mass is 561 g/mol. The molecule has 3 aromatic rings. The van der Waals surface area contributed by atoms with Crippen molar-refractivity contribution < 1.29 is 18.0 Å². The van der Waals surface area contributed by atoms with Crippen LogP contribution in [-0.4, -0.2) is 51.0 Å². The molecule has 7 nitrogen and oxygen atoms in total. The van der Waals surface area contributed by atoms with Crippen molar-refractivity contribution in [3.05, 3.63) is 99.5 Å². The predicted octanol–water partition coefficient (Wildman–Crippen LogP) is 4.45. The Balaban J connectivity index is 2.07. The smallest absolute Gasteiger partial charge is 0.244 e. The van der Waals surface area contributed by atoms with Gasteiger partial charge in [-0.25, -0.2) is 8.42 Å². The Labute approximate surface area is 228 Å². The van der Waals surface area contributed by atoms with Gasteiger partial charge in [-0.15, -0.1) is 0 Å². The zero-order valence-electron chi connectivity index (χ0n) is 20.8. The second kappa shape index (κ2) is 12.4. The molecule has 3 rings (SSSR count). The zero-order chi connectivity index (χ0) is 27.2. The molecule has 2 amide bonds. The van der Waals surface area contributed by atoms with Gasteiger partial charge in [-0.05, 0) is 42.3 Å². The van der Waals surface area contributed by atoms with E-state index in [9.17, 15) is 18.0 Å². The van der Waals surface area contributed by atoms with Crippen LogP contribution in [0.15, 0.2) is 72.8 Å². The van der Waals surface area contributed by atoms with Gasteiger partial charge in [0, 0.05) is 35.6 Å². The lowest BCUT2D eigenvalue weighted by molar-refractivity contribution is -0.139. The molecule has 0 saturated carbocycles. The van der Waals surface area contributed by atoms with Crippen LogP contribution >= 0.6 is 23.2 Å². The molecule has 0 saturated heterocycles. The summed E-state index contributed by atoms with van der Waals surface area (Å²) in [6.45, 7) is 1.24. The molecule has 37 heavy (non-hydrogen) atoms. The minimum absolute atomic E-state index is 0.0896. The van der Waals surface area contributed by atoms with Crippen molar-refractivity contribution in [2.45, 2.75) is 25.9 Å². The molecule has 0 fully saturated rings. The number of aryl methyl sites for hydroxylation is 1. The summed E-state index contributed by atoms with van der Waals surface area (Å²) in [5.41, 5.74) is 2.48. The van der Waals surface area contributed by atoms with Crippen molar-refractivity contribution in [2.24, 2.45) is 0 Å². The molecule has 0 unspecified atom stereocenters. The molecule has 0 radical (unpaired) electrons. The average molecular weight is 563 g/mol. The van der Waals surface area contributed by atoms with E-state index in [1.165, 1.54) is 11.9 Å². The van der Waals surface area contributed by atoms with Gasteiger partial charge in [-0.2, -0.15) is 0 Å². The topological polar surface area (TPSA) is 86.8 Å². The number of halogens is 2. The number of carbonyl (C=O) groups excluding carboxylic acids is 2. The van der Waals surface area contributed by atoms with Gasteiger partial charge in [0.25, 0.3) is 0 Å². The van der Waals surface area contributed by atoms with Crippen molar-refractivity contribution >= 4 is 50.7 Å². The Bertz CT molecular complexity index is 1350. The van der Waals surface area contributed by atoms with Crippen LogP contribution in [0.25, 0.3) is 0 Å². The van der Waals surface area contributed by atoms with Crippen LogP contribution in [0.5, 0.6) is 0 Å². The summed E-state index contributed by atoms with van der Waals surface area (Å²) in [7, 11) is -2.34. The number of hydrogen-bond donors (Lipinski definition) is 1. The minimum atomic E-state index is -3.83. The van der Waals surface area contributed by atoms with E-state index in [4.69, 9.17) is 23.2 Å². The highest BCUT2D eigenvalue weighted by Gasteiger charge is 2.33. The van der Waals surface area contributed by atoms with Crippen molar-refractivity contribution in [1.82, 2.24) is 10.2 Å². The van der Waals surface area contributed by atoms with Gasteiger partial charge in [0.1, 0.15) is 12.6 Å². The van der Waals surface area contributed by atoms with E-state index in [0.717, 1.165) is 21.7 Å². The fourth-order valence-corrected chi connectivity index (χ4v) is 5.33. The van der Waals surface area contributed by atoms with Crippen LogP contribution in [0.3, 0.4) is 0 Å². The predicted molar refractivity (Wildman–Crippen MR) is 148 cm³/mol. The lowest BCUT2D eigenvalue weighted by Gasteiger charge is -2.33. The summed E-state index contributed by atoms with van der Waals surface area (Å²) in [4.78, 5) is 28.3. The number of benzene rings is 3. The second-order valence-electron chi connectivity index (χ2n) is 8.65. The number of likely N-dealkylation sites (N-methyl/N-ethyl adjacent to an activating group) is 1. The van der Waals surface area contributed by atoms with Crippen LogP contribution in [0.2, 0.25) is 10.0 Å². The molecule has 1 atom stereocenters. The number of amides is 2. The third-order valence-corrected chi connectivity index (χ3v) is 7.73. The largest absolute Gasteiger partial charge is 0.357 e. The molecule has 0 heterocycles. The van der Waals surface area contributed by atoms with E-state index in [-0.39, 0.29) is 13.0 Å². The fourth-order valence-electron chi connectivity index (χ4n) is 3.97. The average Bonchev–Trinajstić information content (AvgIpc) is 2.85. The lowest BCUT2D eigenvalue weighted by Crippen LogP contribution is -2.53. The van der Waals surface area contributed by atoms with Gasteiger partial charge in [-0.3, -0.25) is 13.9 Å². The normalized spacial score (nSPS) is 12.0. The van der Waals surface area contributed by atoms with Crippen molar-refractivity contribution in [2.75, 3.05) is 24.2 Å². The van der Waals surface area contributed by atoms with Crippen LogP contribution in [0, 0.1) is 6.92 Å². The maximum absolute atomic E-state index is 13.9. The number of sulfonamides is 1. The van der Waals surface area contributed by atoms with Crippen LogP contribution < -0.4 is 9.62 Å². The Kier molecular flexibility index (Phi) is 9.59. The van der Waals surface area contributed by atoms with E-state index in [2.05, 4.69) is 5.32 Å². The summed E-state index contributed by atoms with van der Waals surface area (Å²) in [6.07, 6.45) is 1.25. The van der Waals surface area contributed by atoms with E-state index < -0.39 is 34.4 Å². The quantitative estimate of drug-likeness (QED) is 0.396. The first kappa shape index (κ1) is 28.5. The summed E-state index contributed by atoms with van der Waals surface area (Å²) >= 11 is 12.8. The molecular weight excluding hydrogens is 533 g/mol. The first-order valence-electron chi connectivity index (χ1n) is 11.5. The second-order valence-corrected chi connectivity index (χ2v) is 11.4. The Morgan fingerprint density at radius 2 is 1.57 bits per heavy atom. The number of rotatable bonds is 10. The maximum atomic E-state index is 13.9. The van der Waals surface area contributed by atoms with Crippen molar-refractivity contribution in [3.63, 3.8) is 0 Å². The lowest BCUT2D eigenvalue weighted by atomic mass is 10.0. The van der Waals surface area contributed by atoms with Crippen LogP contribution in [0.1, 0.15) is 16.7 Å². The van der Waals surface area contributed by atoms with Gasteiger partial charge in [0.15, 0.2) is 0 Å². The van der Waals surface area contributed by atoms with E-state index in [1.807, 2.05) is 43.3 Å². The van der Waals surface area contributed by atoms with Crippen molar-refractivity contribution in [1.29, 1.82) is 0 Å². The van der Waals surface area contributed by atoms with Gasteiger partial charge >= 0.3 is 0 Å². The Morgan fingerprint density at radius 1 is 0.946 bits per heavy atom. The van der Waals surface area contributed by atoms with Crippen LogP contribution in [-0.2, 0) is 32.6 Å². The summed E-state index contributed by atoms with van der Waals surface area (Å²) in [5, 5.41) is 3.29. The number of nitrogens with one attached hydrogen (secondary N) is 1. The SMILES string of the molecule is CNC(=O)[C@@H](Cc1ccccc1)N(Cc1c(Cl)cccc1Cl)C(=O)CN(c1cccc(C)c1)S(C)(=O)=O. The van der Waals surface area contributed by atoms with E-state index in [1.54, 1.807) is 36.4 Å². The summed E-state index contributed by atoms with van der Waals surface area (Å²) in [6, 6.07) is 20.1. The molecule has 0 spiro atoms. The van der Waals surface area contributed by atoms with E-state index in [0.29, 0.717) is 21.3 Å². The molecule has 0 aliphatic heterocycles. The number of hydrogen-bond acceptors (Lipinski definition) is 4. The Morgan fingerprint density at radius 3 is 2.14 bits per heavy atom. The molecule has 0 aliphatic rings. The first-order valence-corrected chi connectivity index (χ1v) is 14.1. The highest BCUT2D eigenvalue weighted by Crippen LogP contribution is 2.28. The molecule has 0 bridgehead atoms. The molecule has 10 heteroatoms. The highest BCUT2D eigenvalue weighted by molar-refractivity contribution is 7.92. The summed E-state index contributed by atoms with van der Waals surface area (Å²) < 4.78 is 26.5. The van der Waals surface area contributed by atoms with Crippen LogP contribution in [0.4, 0.5) is 5.69 Å². The third-order valence-electron chi connectivity index (χ3n) is 5.88. The van der Waals surface area contributed by atoms with E-state index >= 15 is 0 Å². The molecule has 3 aromatic carbocycles. The minimum Gasteiger partial charge on any atom is -0.357 e. The molecule has 1 N–H and O–H groups in total. The fraction of sp³-hybridized carbons (Fsp3) is 0.259. The van der Waals surface area contributed by atoms with Crippen molar-refractivity contribution in [3.8, 4) is 0 Å². The number of carbonyl (C=O) groups is 2. The summed E-state index contributed by atoms with van der Waals surface area (Å²) in [5.74, 6) is -0.978. The maximum Gasteiger partial charge on any atom is 0.244 e. The Hall–Kier alpha value is -3.07. The van der Waals surface area contributed by atoms with Gasteiger partial charge in [0.2, 0.25) is 21.8 Å². The highest BCUT2D eigenvalue weighted by atomic mass is 35.5. The van der Waals surface area contributed by atoms with Gasteiger partial charge in [0.05, 0.1) is 11.9 Å². The molecule has 196 valence electrons. The zero-order valence-corrected chi connectivity index (χ0v) is 23.1. The number of anilines is 1. The van der Waals surface area contributed by atoms with Gasteiger partial charge in [-0.1, -0.05) is 71.7 Å². The standard InChI is InChI=1S/C27H29Cl2N3O4S/c1-19-9-7-12-21(15-19)32(37(3,35)36)18-26(33)31(17-22-23(28)13-8-14-24(22)29)25(27(34)30-2)16-20-10-5-4-6-11-20/h4-15,25H,16-18H2,1-3H3,(H,30,34)/t25-/m1/s1. The first-order chi connectivity index (χ1) is 17.5. The number of nitrogens with zero attached hydrogens (tertiary/aromatic N) is 2. The van der Waals surface area contributed by atoms with Gasteiger partial charge < -0.3 is 10.2 Å².